The number of unbranched alkanes of at least 4 members (excludes halogenated alkanes) is 1. The van der Waals surface area contributed by atoms with Crippen molar-refractivity contribution in [3.05, 3.63) is 70.2 Å². The summed E-state index contributed by atoms with van der Waals surface area (Å²) in [5.74, 6) is -0.494. The molecule has 0 aliphatic heterocycles. The fraction of sp³-hybridized carbons (Fsp3) is 0.304. The molecule has 0 aliphatic carbocycles. The SMILES string of the molecule is O=CC(CNc1nnc(CCCCc2nnc(NC(=O)Cc3ccccn3)s2)s1)c1ccccn1. The summed E-state index contributed by atoms with van der Waals surface area (Å²) in [5, 5.41) is 25.6. The minimum atomic E-state index is -0.333. The Labute approximate surface area is 210 Å². The van der Waals surface area contributed by atoms with E-state index in [2.05, 4.69) is 41.0 Å². The summed E-state index contributed by atoms with van der Waals surface area (Å²) >= 11 is 2.88. The number of pyridine rings is 2. The van der Waals surface area contributed by atoms with Gasteiger partial charge in [-0.2, -0.15) is 0 Å². The van der Waals surface area contributed by atoms with E-state index in [4.69, 9.17) is 0 Å². The van der Waals surface area contributed by atoms with Crippen molar-refractivity contribution in [3.63, 3.8) is 0 Å². The number of aromatic nitrogens is 6. The van der Waals surface area contributed by atoms with Crippen LogP contribution in [0.1, 0.15) is 40.2 Å². The lowest BCUT2D eigenvalue weighted by Gasteiger charge is -2.09. The molecule has 2 N–H and O–H groups in total. The quantitative estimate of drug-likeness (QED) is 0.206. The van der Waals surface area contributed by atoms with Crippen LogP contribution in [-0.4, -0.2) is 49.1 Å². The van der Waals surface area contributed by atoms with Crippen LogP contribution in [0.25, 0.3) is 0 Å². The predicted molar refractivity (Wildman–Crippen MR) is 135 cm³/mol. The highest BCUT2D eigenvalue weighted by Crippen LogP contribution is 2.21. The van der Waals surface area contributed by atoms with Gasteiger partial charge in [0.05, 0.1) is 18.0 Å². The molecule has 4 aromatic rings. The number of rotatable bonds is 13. The van der Waals surface area contributed by atoms with E-state index in [0.29, 0.717) is 22.5 Å². The number of carbonyl (C=O) groups excluding carboxylic acids is 2. The molecule has 1 atom stereocenters. The van der Waals surface area contributed by atoms with Crippen LogP contribution >= 0.6 is 22.7 Å². The first-order chi connectivity index (χ1) is 17.2. The van der Waals surface area contributed by atoms with Crippen LogP contribution in [-0.2, 0) is 28.9 Å². The molecule has 0 aliphatic rings. The standard InChI is InChI=1S/C23H24N8O2S2/c32-15-16(18-8-4-6-12-25-18)14-26-22-30-28-20(34-22)9-1-2-10-21-29-31-23(35-21)27-19(33)13-17-7-3-5-11-24-17/h3-8,11-12,15-16H,1-2,9-10,13-14H2,(H,26,30)(H,27,31,33). The highest BCUT2D eigenvalue weighted by atomic mass is 32.1. The van der Waals surface area contributed by atoms with Crippen molar-refractivity contribution in [2.45, 2.75) is 38.0 Å². The number of anilines is 2. The molecular formula is C23H24N8O2S2. The van der Waals surface area contributed by atoms with E-state index in [1.165, 1.54) is 22.7 Å². The highest BCUT2D eigenvalue weighted by Gasteiger charge is 2.13. The lowest BCUT2D eigenvalue weighted by Crippen LogP contribution is -2.14. The van der Waals surface area contributed by atoms with Crippen molar-refractivity contribution < 1.29 is 9.59 Å². The van der Waals surface area contributed by atoms with E-state index in [1.54, 1.807) is 12.4 Å². The van der Waals surface area contributed by atoms with Crippen molar-refractivity contribution in [2.75, 3.05) is 17.2 Å². The van der Waals surface area contributed by atoms with Gasteiger partial charge in [0.1, 0.15) is 16.3 Å². The summed E-state index contributed by atoms with van der Waals surface area (Å²) in [6.45, 7) is 0.424. The molecule has 12 heteroatoms. The Balaban J connectivity index is 1.15. The number of carbonyl (C=O) groups is 2. The molecule has 35 heavy (non-hydrogen) atoms. The number of amides is 1. The highest BCUT2D eigenvalue weighted by molar-refractivity contribution is 7.15. The average Bonchev–Trinajstić information content (AvgIpc) is 3.53. The Kier molecular flexibility index (Phi) is 8.90. The van der Waals surface area contributed by atoms with Crippen molar-refractivity contribution in [3.8, 4) is 0 Å². The Hall–Kier alpha value is -3.64. The van der Waals surface area contributed by atoms with Crippen molar-refractivity contribution in [2.24, 2.45) is 0 Å². The zero-order valence-electron chi connectivity index (χ0n) is 18.8. The lowest BCUT2D eigenvalue weighted by molar-refractivity contribution is -0.115. The van der Waals surface area contributed by atoms with E-state index in [0.717, 1.165) is 47.7 Å². The van der Waals surface area contributed by atoms with Gasteiger partial charge in [-0.15, -0.1) is 20.4 Å². The second kappa shape index (κ2) is 12.7. The molecular weight excluding hydrogens is 484 g/mol. The first kappa shape index (κ1) is 24.5. The second-order valence-electron chi connectivity index (χ2n) is 7.63. The molecule has 1 amide bonds. The molecule has 0 saturated carbocycles. The summed E-state index contributed by atoms with van der Waals surface area (Å²) in [4.78, 5) is 31.9. The van der Waals surface area contributed by atoms with Gasteiger partial charge < -0.3 is 15.4 Å². The molecule has 10 nitrogen and oxygen atoms in total. The number of nitrogens with zero attached hydrogens (tertiary/aromatic N) is 6. The minimum absolute atomic E-state index is 0.161. The summed E-state index contributed by atoms with van der Waals surface area (Å²) in [6.07, 6.45) is 7.88. The van der Waals surface area contributed by atoms with Gasteiger partial charge in [0.2, 0.25) is 16.2 Å². The maximum atomic E-state index is 12.1. The zero-order valence-corrected chi connectivity index (χ0v) is 20.5. The van der Waals surface area contributed by atoms with Gasteiger partial charge in [0, 0.05) is 37.5 Å². The molecule has 0 aromatic carbocycles. The molecule has 4 heterocycles. The Morgan fingerprint density at radius 2 is 1.57 bits per heavy atom. The fourth-order valence-corrected chi connectivity index (χ4v) is 4.82. The van der Waals surface area contributed by atoms with Crippen LogP contribution in [0, 0.1) is 0 Å². The molecule has 1 unspecified atom stereocenters. The smallest absolute Gasteiger partial charge is 0.232 e. The van der Waals surface area contributed by atoms with E-state index in [-0.39, 0.29) is 18.2 Å². The second-order valence-corrected chi connectivity index (χ2v) is 9.76. The number of hydrogen-bond donors (Lipinski definition) is 2. The normalized spacial score (nSPS) is 11.7. The van der Waals surface area contributed by atoms with Crippen LogP contribution < -0.4 is 10.6 Å². The molecule has 4 aromatic heterocycles. The van der Waals surface area contributed by atoms with Crippen LogP contribution in [0.5, 0.6) is 0 Å². The molecule has 0 radical (unpaired) electrons. The van der Waals surface area contributed by atoms with Crippen LogP contribution in [0.4, 0.5) is 10.3 Å². The maximum absolute atomic E-state index is 12.1. The summed E-state index contributed by atoms with van der Waals surface area (Å²) in [6, 6.07) is 11.0. The van der Waals surface area contributed by atoms with Gasteiger partial charge in [-0.25, -0.2) is 0 Å². The first-order valence-electron chi connectivity index (χ1n) is 11.1. The number of aldehydes is 1. The van der Waals surface area contributed by atoms with Crippen molar-refractivity contribution >= 4 is 45.1 Å². The lowest BCUT2D eigenvalue weighted by atomic mass is 10.1. The minimum Gasteiger partial charge on any atom is -0.359 e. The third kappa shape index (κ3) is 7.69. The summed E-state index contributed by atoms with van der Waals surface area (Å²) < 4.78 is 0. The average molecular weight is 509 g/mol. The first-order valence-corrected chi connectivity index (χ1v) is 12.8. The van der Waals surface area contributed by atoms with Gasteiger partial charge >= 0.3 is 0 Å². The molecule has 0 spiro atoms. The Morgan fingerprint density at radius 1 is 0.886 bits per heavy atom. The van der Waals surface area contributed by atoms with Gasteiger partial charge in [-0.05, 0) is 37.1 Å². The summed E-state index contributed by atoms with van der Waals surface area (Å²) in [5.41, 5.74) is 1.44. The monoisotopic (exact) mass is 508 g/mol. The maximum Gasteiger partial charge on any atom is 0.232 e. The molecule has 0 bridgehead atoms. The number of hydrogen-bond acceptors (Lipinski definition) is 11. The largest absolute Gasteiger partial charge is 0.359 e. The molecule has 4 rings (SSSR count). The predicted octanol–water partition coefficient (Wildman–Crippen LogP) is 3.32. The van der Waals surface area contributed by atoms with E-state index in [1.807, 2.05) is 36.4 Å². The number of aryl methyl sites for hydroxylation is 2. The van der Waals surface area contributed by atoms with Crippen molar-refractivity contribution in [1.82, 2.24) is 30.4 Å². The third-order valence-electron chi connectivity index (χ3n) is 4.98. The van der Waals surface area contributed by atoms with Crippen LogP contribution in [0.15, 0.2) is 48.8 Å². The topological polar surface area (TPSA) is 136 Å². The zero-order chi connectivity index (χ0) is 24.3. The van der Waals surface area contributed by atoms with E-state index >= 15 is 0 Å². The van der Waals surface area contributed by atoms with E-state index in [9.17, 15) is 9.59 Å². The fourth-order valence-electron chi connectivity index (χ4n) is 3.23. The molecule has 0 fully saturated rings. The Morgan fingerprint density at radius 3 is 2.23 bits per heavy atom. The molecule has 180 valence electrons. The number of nitrogens with one attached hydrogen (secondary N) is 2. The van der Waals surface area contributed by atoms with Gasteiger partial charge in [0.25, 0.3) is 0 Å². The van der Waals surface area contributed by atoms with Crippen molar-refractivity contribution in [1.29, 1.82) is 0 Å². The van der Waals surface area contributed by atoms with Gasteiger partial charge in [-0.3, -0.25) is 14.8 Å². The van der Waals surface area contributed by atoms with Gasteiger partial charge in [0.15, 0.2) is 0 Å². The van der Waals surface area contributed by atoms with E-state index < -0.39 is 0 Å². The summed E-state index contributed by atoms with van der Waals surface area (Å²) in [7, 11) is 0. The Bertz CT molecular complexity index is 1220. The van der Waals surface area contributed by atoms with Crippen LogP contribution in [0.3, 0.4) is 0 Å². The van der Waals surface area contributed by atoms with Gasteiger partial charge in [-0.1, -0.05) is 34.8 Å². The third-order valence-corrected chi connectivity index (χ3v) is 6.82. The molecule has 0 saturated heterocycles. The van der Waals surface area contributed by atoms with Crippen LogP contribution in [0.2, 0.25) is 0 Å².